The zero-order chi connectivity index (χ0) is 17.1. The molecule has 1 aliphatic carbocycles. The lowest BCUT2D eigenvalue weighted by molar-refractivity contribution is -0.137. The minimum absolute atomic E-state index is 0.00374. The Morgan fingerprint density at radius 1 is 1.30 bits per heavy atom. The first-order valence-electron chi connectivity index (χ1n) is 6.83. The Labute approximate surface area is 129 Å². The number of halogens is 4. The second-order valence-corrected chi connectivity index (χ2v) is 4.84. The van der Waals surface area contributed by atoms with Crippen LogP contribution in [-0.4, -0.2) is 29.9 Å². The van der Waals surface area contributed by atoms with Crippen LogP contribution >= 0.6 is 0 Å². The van der Waals surface area contributed by atoms with E-state index in [9.17, 15) is 27.5 Å². The number of hydrogen-bond acceptors (Lipinski definition) is 4. The van der Waals surface area contributed by atoms with Gasteiger partial charge in [0, 0.05) is 12.3 Å². The summed E-state index contributed by atoms with van der Waals surface area (Å²) in [5, 5.41) is 10.00. The lowest BCUT2D eigenvalue weighted by Crippen LogP contribution is -2.13. The molecule has 8 heteroatoms. The van der Waals surface area contributed by atoms with E-state index in [4.69, 9.17) is 0 Å². The summed E-state index contributed by atoms with van der Waals surface area (Å²) in [5.74, 6) is -9.43. The van der Waals surface area contributed by atoms with Gasteiger partial charge in [-0.15, -0.1) is 0 Å². The monoisotopic (exact) mass is 331 g/mol. The topological polar surface area (TPSA) is 58.9 Å². The van der Waals surface area contributed by atoms with E-state index in [-0.39, 0.29) is 18.7 Å². The van der Waals surface area contributed by atoms with Crippen LogP contribution in [0.5, 0.6) is 0 Å². The Kier molecular flexibility index (Phi) is 5.02. The summed E-state index contributed by atoms with van der Waals surface area (Å²) < 4.78 is 58.6. The van der Waals surface area contributed by atoms with Crippen molar-refractivity contribution in [3.8, 4) is 0 Å². The van der Waals surface area contributed by atoms with Crippen LogP contribution in [0.1, 0.15) is 25.3 Å². The number of aliphatic hydroxyl groups is 1. The van der Waals surface area contributed by atoms with Crippen LogP contribution in [0.25, 0.3) is 5.76 Å². The number of rotatable bonds is 5. The molecule has 1 N–H and O–H groups in total. The van der Waals surface area contributed by atoms with Gasteiger partial charge in [-0.25, -0.2) is 22.4 Å². The second kappa shape index (κ2) is 6.80. The summed E-state index contributed by atoms with van der Waals surface area (Å²) in [4.78, 5) is 15.7. The van der Waals surface area contributed by atoms with Crippen molar-refractivity contribution < 1.29 is 32.2 Å². The molecule has 0 atom stereocenters. The molecule has 0 saturated heterocycles. The number of nitrogens with zero attached hydrogens (tertiary/aromatic N) is 1. The van der Waals surface area contributed by atoms with Gasteiger partial charge in [0.1, 0.15) is 11.3 Å². The van der Waals surface area contributed by atoms with Gasteiger partial charge in [0.2, 0.25) is 0 Å². The van der Waals surface area contributed by atoms with Gasteiger partial charge in [-0.2, -0.15) is 0 Å². The summed E-state index contributed by atoms with van der Waals surface area (Å²) >= 11 is 0. The molecule has 0 aliphatic heterocycles. The molecule has 4 nitrogen and oxygen atoms in total. The maximum absolute atomic E-state index is 13.7. The third kappa shape index (κ3) is 3.69. The smallest absolute Gasteiger partial charge is 0.343 e. The van der Waals surface area contributed by atoms with E-state index >= 15 is 0 Å². The van der Waals surface area contributed by atoms with E-state index in [1.54, 1.807) is 0 Å². The number of ether oxygens (including phenoxy) is 1. The third-order valence-electron chi connectivity index (χ3n) is 3.06. The highest BCUT2D eigenvalue weighted by Crippen LogP contribution is 2.28. The van der Waals surface area contributed by atoms with E-state index in [1.807, 2.05) is 0 Å². The molecule has 0 heterocycles. The van der Waals surface area contributed by atoms with Gasteiger partial charge in [0.25, 0.3) is 0 Å². The maximum atomic E-state index is 13.7. The Morgan fingerprint density at radius 3 is 2.35 bits per heavy atom. The van der Waals surface area contributed by atoms with Crippen molar-refractivity contribution in [2.45, 2.75) is 25.8 Å². The van der Waals surface area contributed by atoms with E-state index in [0.29, 0.717) is 0 Å². The van der Waals surface area contributed by atoms with Crippen molar-refractivity contribution in [3.63, 3.8) is 0 Å². The molecule has 1 aromatic rings. The molecular weight excluding hydrogens is 318 g/mol. The van der Waals surface area contributed by atoms with Crippen LogP contribution in [0.3, 0.4) is 0 Å². The lowest BCUT2D eigenvalue weighted by atomic mass is 10.1. The lowest BCUT2D eigenvalue weighted by Gasteiger charge is -2.09. The fraction of sp³-hybridized carbons (Fsp3) is 0.333. The average molecular weight is 331 g/mol. The maximum Gasteiger partial charge on any atom is 0.343 e. The highest BCUT2D eigenvalue weighted by atomic mass is 19.2. The molecule has 1 aliphatic rings. The Hall–Kier alpha value is -2.38. The molecule has 0 unspecified atom stereocenters. The number of hydrogen-bond donors (Lipinski definition) is 1. The Balaban J connectivity index is 2.59. The van der Waals surface area contributed by atoms with Crippen molar-refractivity contribution in [2.75, 3.05) is 6.61 Å². The van der Waals surface area contributed by atoms with Crippen LogP contribution in [0, 0.1) is 23.3 Å². The molecule has 0 radical (unpaired) electrons. The van der Waals surface area contributed by atoms with E-state index < -0.39 is 46.1 Å². The number of aliphatic hydroxyl groups excluding tert-OH is 1. The summed E-state index contributed by atoms with van der Waals surface area (Å²) in [6, 6.07) is -0.0600. The molecule has 23 heavy (non-hydrogen) atoms. The zero-order valence-electron chi connectivity index (χ0n) is 12.1. The first-order chi connectivity index (χ1) is 10.9. The van der Waals surface area contributed by atoms with Gasteiger partial charge in [0.05, 0.1) is 18.2 Å². The zero-order valence-corrected chi connectivity index (χ0v) is 12.1. The van der Waals surface area contributed by atoms with Crippen molar-refractivity contribution in [1.82, 2.24) is 0 Å². The fourth-order valence-corrected chi connectivity index (χ4v) is 1.74. The SMILES string of the molecule is CCOC(=O)C(C=NC1CC1)=C(O)c1c(F)c(F)cc(F)c1F. The average Bonchev–Trinajstić information content (AvgIpc) is 3.30. The molecule has 0 bridgehead atoms. The van der Waals surface area contributed by atoms with Crippen molar-refractivity contribution >= 4 is 17.9 Å². The quantitative estimate of drug-likeness (QED) is 0.225. The third-order valence-corrected chi connectivity index (χ3v) is 3.06. The van der Waals surface area contributed by atoms with Crippen LogP contribution < -0.4 is 0 Å². The van der Waals surface area contributed by atoms with E-state index in [2.05, 4.69) is 9.73 Å². The second-order valence-electron chi connectivity index (χ2n) is 4.84. The Bertz CT molecular complexity index is 670. The number of aliphatic imine (C=N–C) groups is 1. The van der Waals surface area contributed by atoms with E-state index in [1.165, 1.54) is 6.92 Å². The minimum Gasteiger partial charge on any atom is -0.506 e. The molecule has 2 rings (SSSR count). The number of carbonyl (C=O) groups excluding carboxylic acids is 1. The van der Waals surface area contributed by atoms with E-state index in [0.717, 1.165) is 19.1 Å². The normalized spacial score (nSPS) is 15.7. The standard InChI is InChI=1S/C15H13F4NO3/c1-2-23-15(22)8(6-20-7-3-4-7)14(21)11-12(18)9(16)5-10(17)13(11)19/h5-7,21H,2-4H2,1H3. The van der Waals surface area contributed by atoms with Crippen molar-refractivity contribution in [3.05, 3.63) is 40.5 Å². The van der Waals surface area contributed by atoms with Gasteiger partial charge >= 0.3 is 5.97 Å². The minimum atomic E-state index is -1.82. The highest BCUT2D eigenvalue weighted by Gasteiger charge is 2.27. The number of benzene rings is 1. The number of esters is 1. The molecule has 0 spiro atoms. The largest absolute Gasteiger partial charge is 0.506 e. The summed E-state index contributed by atoms with van der Waals surface area (Å²) in [6.07, 6.45) is 2.43. The molecular formula is C15H13F4NO3. The van der Waals surface area contributed by atoms with Crippen LogP contribution in [0.15, 0.2) is 16.6 Å². The molecule has 1 aromatic carbocycles. The van der Waals surface area contributed by atoms with Crippen molar-refractivity contribution in [2.24, 2.45) is 4.99 Å². The van der Waals surface area contributed by atoms with Gasteiger partial charge in [-0.05, 0) is 19.8 Å². The van der Waals surface area contributed by atoms with Gasteiger partial charge < -0.3 is 9.84 Å². The molecule has 0 aromatic heterocycles. The fourth-order valence-electron chi connectivity index (χ4n) is 1.74. The van der Waals surface area contributed by atoms with Crippen LogP contribution in [-0.2, 0) is 9.53 Å². The predicted octanol–water partition coefficient (Wildman–Crippen LogP) is 3.31. The summed E-state index contributed by atoms with van der Waals surface area (Å²) in [7, 11) is 0. The number of carbonyl (C=O) groups is 1. The Morgan fingerprint density at radius 2 is 1.87 bits per heavy atom. The summed E-state index contributed by atoms with van der Waals surface area (Å²) in [6.45, 7) is 1.41. The molecule has 124 valence electrons. The molecule has 1 saturated carbocycles. The van der Waals surface area contributed by atoms with Gasteiger partial charge in [-0.1, -0.05) is 0 Å². The van der Waals surface area contributed by atoms with Gasteiger partial charge in [-0.3, -0.25) is 4.99 Å². The summed E-state index contributed by atoms with van der Waals surface area (Å²) in [5.41, 5.74) is -2.06. The highest BCUT2D eigenvalue weighted by molar-refractivity contribution is 6.15. The van der Waals surface area contributed by atoms with Gasteiger partial charge in [0.15, 0.2) is 23.3 Å². The first-order valence-corrected chi connectivity index (χ1v) is 6.83. The first kappa shape index (κ1) is 17.0. The van der Waals surface area contributed by atoms with Crippen LogP contribution in [0.2, 0.25) is 0 Å². The molecule has 0 amide bonds. The molecule has 1 fully saturated rings. The van der Waals surface area contributed by atoms with Crippen molar-refractivity contribution in [1.29, 1.82) is 0 Å². The predicted molar refractivity (Wildman–Crippen MR) is 74.0 cm³/mol. The van der Waals surface area contributed by atoms with Crippen LogP contribution in [0.4, 0.5) is 17.6 Å².